The third kappa shape index (κ3) is 3.03. The first-order chi connectivity index (χ1) is 10.1. The molecular weight excluding hydrogens is 317 g/mol. The summed E-state index contributed by atoms with van der Waals surface area (Å²) in [7, 11) is 1.76. The largest absolute Gasteiger partial charge is 0.224 e. The summed E-state index contributed by atoms with van der Waals surface area (Å²) in [5, 5.41) is 19.9. The first kappa shape index (κ1) is 14.0. The maximum absolute atomic E-state index is 13.1. The molecule has 10 heteroatoms. The van der Waals surface area contributed by atoms with Crippen LogP contribution >= 0.6 is 23.4 Å². The van der Waals surface area contributed by atoms with Crippen LogP contribution in [-0.2, 0) is 12.8 Å². The summed E-state index contributed by atoms with van der Waals surface area (Å²) in [6.07, 6.45) is 1.75. The molecule has 0 N–H and O–H groups in total. The monoisotopic (exact) mass is 325 g/mol. The van der Waals surface area contributed by atoms with E-state index < -0.39 is 5.82 Å². The van der Waals surface area contributed by atoms with Gasteiger partial charge in [0.05, 0.1) is 22.6 Å². The summed E-state index contributed by atoms with van der Waals surface area (Å²) in [6, 6.07) is 4.37. The molecule has 2 aromatic heterocycles. The number of thioether (sulfide) groups is 1. The van der Waals surface area contributed by atoms with Gasteiger partial charge < -0.3 is 0 Å². The standard InChI is InChI=1S/C11H9ClFN7S/c1-19-11(15-16-18-19)21-6-7-5-20(17-14-7)8-2-3-10(13)9(12)4-8/h2-5H,6H2,1H3. The quantitative estimate of drug-likeness (QED) is 0.682. The van der Waals surface area contributed by atoms with Gasteiger partial charge in [0.2, 0.25) is 5.16 Å². The fourth-order valence-corrected chi connectivity index (χ4v) is 2.50. The summed E-state index contributed by atoms with van der Waals surface area (Å²) < 4.78 is 16.2. The van der Waals surface area contributed by atoms with Crippen LogP contribution in [0.4, 0.5) is 4.39 Å². The molecule has 0 amide bonds. The Morgan fingerprint density at radius 3 is 2.86 bits per heavy atom. The van der Waals surface area contributed by atoms with Crippen molar-refractivity contribution in [2.45, 2.75) is 10.9 Å². The predicted molar refractivity (Wildman–Crippen MR) is 74.7 cm³/mol. The lowest BCUT2D eigenvalue weighted by atomic mass is 10.3. The van der Waals surface area contributed by atoms with Crippen molar-refractivity contribution in [2.24, 2.45) is 7.05 Å². The Labute approximate surface area is 128 Å². The number of hydrogen-bond acceptors (Lipinski definition) is 6. The number of benzene rings is 1. The van der Waals surface area contributed by atoms with Crippen LogP contribution in [0.25, 0.3) is 5.69 Å². The van der Waals surface area contributed by atoms with Crippen molar-refractivity contribution in [1.82, 2.24) is 35.2 Å². The number of nitrogens with zero attached hydrogens (tertiary/aromatic N) is 7. The molecular formula is C11H9ClFN7S. The minimum atomic E-state index is -0.467. The fourth-order valence-electron chi connectivity index (χ4n) is 1.60. The van der Waals surface area contributed by atoms with E-state index in [-0.39, 0.29) is 5.02 Å². The molecule has 1 aromatic carbocycles. The third-order valence-electron chi connectivity index (χ3n) is 2.64. The van der Waals surface area contributed by atoms with Crippen molar-refractivity contribution in [3.8, 4) is 5.69 Å². The van der Waals surface area contributed by atoms with Crippen molar-refractivity contribution in [3.63, 3.8) is 0 Å². The molecule has 0 unspecified atom stereocenters. The fraction of sp³-hybridized carbons (Fsp3) is 0.182. The summed E-state index contributed by atoms with van der Waals surface area (Å²) in [4.78, 5) is 0. The van der Waals surface area contributed by atoms with Gasteiger partial charge in [-0.2, -0.15) is 0 Å². The molecule has 0 bridgehead atoms. The van der Waals surface area contributed by atoms with Crippen molar-refractivity contribution in [1.29, 1.82) is 0 Å². The first-order valence-electron chi connectivity index (χ1n) is 5.85. The van der Waals surface area contributed by atoms with E-state index in [0.717, 1.165) is 5.69 Å². The van der Waals surface area contributed by atoms with E-state index in [0.29, 0.717) is 16.6 Å². The molecule has 2 heterocycles. The molecule has 0 fully saturated rings. The van der Waals surface area contributed by atoms with Gasteiger partial charge in [-0.1, -0.05) is 28.6 Å². The van der Waals surface area contributed by atoms with Crippen LogP contribution in [0.2, 0.25) is 5.02 Å². The molecule has 0 spiro atoms. The van der Waals surface area contributed by atoms with Gasteiger partial charge in [0.1, 0.15) is 5.82 Å². The van der Waals surface area contributed by atoms with Crippen molar-refractivity contribution in [3.05, 3.63) is 40.9 Å². The predicted octanol–water partition coefficient (Wildman–Crippen LogP) is 1.88. The zero-order chi connectivity index (χ0) is 14.8. The molecule has 0 aliphatic heterocycles. The second-order valence-electron chi connectivity index (χ2n) is 4.13. The summed E-state index contributed by atoms with van der Waals surface area (Å²) >= 11 is 7.20. The Balaban J connectivity index is 1.74. The van der Waals surface area contributed by atoms with Gasteiger partial charge in [-0.25, -0.2) is 13.8 Å². The van der Waals surface area contributed by atoms with Crippen LogP contribution in [0.3, 0.4) is 0 Å². The minimum absolute atomic E-state index is 0.0454. The van der Waals surface area contributed by atoms with Crippen LogP contribution in [0.1, 0.15) is 5.69 Å². The number of rotatable bonds is 4. The highest BCUT2D eigenvalue weighted by Crippen LogP contribution is 2.20. The molecule has 7 nitrogen and oxygen atoms in total. The Hall–Kier alpha value is -2.00. The second kappa shape index (κ2) is 5.78. The molecule has 0 aliphatic rings. The SMILES string of the molecule is Cn1nnnc1SCc1cn(-c2ccc(F)c(Cl)c2)nn1. The highest BCUT2D eigenvalue weighted by molar-refractivity contribution is 7.98. The molecule has 3 aromatic rings. The zero-order valence-corrected chi connectivity index (χ0v) is 12.4. The van der Waals surface area contributed by atoms with Crippen LogP contribution in [-0.4, -0.2) is 35.2 Å². The average Bonchev–Trinajstić information content (AvgIpc) is 3.09. The zero-order valence-electron chi connectivity index (χ0n) is 10.8. The van der Waals surface area contributed by atoms with Gasteiger partial charge in [0, 0.05) is 12.8 Å². The van der Waals surface area contributed by atoms with Gasteiger partial charge in [-0.15, -0.1) is 10.2 Å². The van der Waals surface area contributed by atoms with E-state index in [1.54, 1.807) is 24.0 Å². The Morgan fingerprint density at radius 2 is 2.14 bits per heavy atom. The summed E-state index contributed by atoms with van der Waals surface area (Å²) in [6.45, 7) is 0. The maximum atomic E-state index is 13.1. The minimum Gasteiger partial charge on any atom is -0.224 e. The van der Waals surface area contributed by atoms with Gasteiger partial charge >= 0.3 is 0 Å². The smallest absolute Gasteiger partial charge is 0.209 e. The maximum Gasteiger partial charge on any atom is 0.209 e. The van der Waals surface area contributed by atoms with Crippen LogP contribution in [0, 0.1) is 5.82 Å². The molecule has 0 atom stereocenters. The normalized spacial score (nSPS) is 11.0. The Kier molecular flexibility index (Phi) is 3.84. The molecule has 108 valence electrons. The van der Waals surface area contributed by atoms with Crippen molar-refractivity contribution in [2.75, 3.05) is 0 Å². The lowest BCUT2D eigenvalue weighted by Gasteiger charge is -2.00. The lowest BCUT2D eigenvalue weighted by molar-refractivity contribution is 0.627. The molecule has 21 heavy (non-hydrogen) atoms. The van der Waals surface area contributed by atoms with E-state index in [1.807, 2.05) is 0 Å². The highest BCUT2D eigenvalue weighted by Gasteiger charge is 2.08. The number of tetrazole rings is 1. The molecule has 0 radical (unpaired) electrons. The van der Waals surface area contributed by atoms with Gasteiger partial charge in [-0.3, -0.25) is 0 Å². The lowest BCUT2D eigenvalue weighted by Crippen LogP contribution is -1.95. The number of hydrogen-bond donors (Lipinski definition) is 0. The Bertz CT molecular complexity index is 772. The summed E-state index contributed by atoms with van der Waals surface area (Å²) in [5.74, 6) is 0.106. The van der Waals surface area contributed by atoms with E-state index >= 15 is 0 Å². The topological polar surface area (TPSA) is 74.3 Å². The van der Waals surface area contributed by atoms with Gasteiger partial charge in [0.25, 0.3) is 0 Å². The van der Waals surface area contributed by atoms with Crippen LogP contribution in [0.5, 0.6) is 0 Å². The molecule has 0 aliphatic carbocycles. The molecule has 0 saturated heterocycles. The molecule has 3 rings (SSSR count). The van der Waals surface area contributed by atoms with Crippen molar-refractivity contribution < 1.29 is 4.39 Å². The van der Waals surface area contributed by atoms with Gasteiger partial charge in [0.15, 0.2) is 0 Å². The van der Waals surface area contributed by atoms with Gasteiger partial charge in [-0.05, 0) is 28.6 Å². The molecule has 0 saturated carbocycles. The summed E-state index contributed by atoms with van der Waals surface area (Å²) in [5.41, 5.74) is 1.40. The van der Waals surface area contributed by atoms with Crippen LogP contribution < -0.4 is 0 Å². The van der Waals surface area contributed by atoms with Crippen molar-refractivity contribution >= 4 is 23.4 Å². The Morgan fingerprint density at radius 1 is 1.29 bits per heavy atom. The van der Waals surface area contributed by atoms with E-state index in [9.17, 15) is 4.39 Å². The number of halogens is 2. The first-order valence-corrected chi connectivity index (χ1v) is 7.21. The van der Waals surface area contributed by atoms with E-state index in [2.05, 4.69) is 25.8 Å². The second-order valence-corrected chi connectivity index (χ2v) is 5.48. The highest BCUT2D eigenvalue weighted by atomic mass is 35.5. The van der Waals surface area contributed by atoms with E-state index in [1.165, 1.54) is 28.6 Å². The van der Waals surface area contributed by atoms with E-state index in [4.69, 9.17) is 11.6 Å². The average molecular weight is 326 g/mol. The number of aryl methyl sites for hydroxylation is 1. The van der Waals surface area contributed by atoms with Crippen LogP contribution in [0.15, 0.2) is 29.6 Å². The third-order valence-corrected chi connectivity index (χ3v) is 3.97. The number of aromatic nitrogens is 7.